The largest absolute Gasteiger partial charge is 0.369 e. The molecular formula is C10H7ClN3O2. The predicted molar refractivity (Wildman–Crippen MR) is 57.3 cm³/mol. The number of primary amides is 1. The summed E-state index contributed by atoms with van der Waals surface area (Å²) >= 11 is 5.95. The Morgan fingerprint density at radius 2 is 2.19 bits per heavy atom. The Kier molecular flexibility index (Phi) is 2.87. The van der Waals surface area contributed by atoms with Crippen molar-refractivity contribution in [2.45, 2.75) is 0 Å². The molecule has 81 valence electrons. The number of amides is 1. The molecule has 2 aromatic rings. The number of nitrogens with zero attached hydrogens (tertiary/aromatic N) is 2. The molecule has 0 spiro atoms. The van der Waals surface area contributed by atoms with Crippen molar-refractivity contribution in [1.29, 1.82) is 0 Å². The van der Waals surface area contributed by atoms with Gasteiger partial charge in [0.2, 0.25) is 17.6 Å². The highest BCUT2D eigenvalue weighted by atomic mass is 35.5. The Morgan fingerprint density at radius 3 is 2.88 bits per heavy atom. The van der Waals surface area contributed by atoms with Gasteiger partial charge < -0.3 is 10.3 Å². The van der Waals surface area contributed by atoms with Crippen LogP contribution in [0.1, 0.15) is 5.89 Å². The van der Waals surface area contributed by atoms with E-state index >= 15 is 0 Å². The maximum atomic E-state index is 10.6. The number of halogens is 1. The first-order chi connectivity index (χ1) is 7.66. The van der Waals surface area contributed by atoms with E-state index in [1.54, 1.807) is 24.3 Å². The first-order valence-electron chi connectivity index (χ1n) is 4.39. The highest BCUT2D eigenvalue weighted by Crippen LogP contribution is 2.24. The number of hydrogen-bond donors (Lipinski definition) is 1. The van der Waals surface area contributed by atoms with E-state index < -0.39 is 5.91 Å². The maximum Gasteiger partial charge on any atom is 0.240 e. The average Bonchev–Trinajstić information content (AvgIpc) is 2.66. The Bertz CT molecular complexity index is 524. The van der Waals surface area contributed by atoms with Gasteiger partial charge in [-0.15, -0.1) is 0 Å². The van der Waals surface area contributed by atoms with Crippen molar-refractivity contribution in [3.63, 3.8) is 0 Å². The van der Waals surface area contributed by atoms with Gasteiger partial charge in [-0.1, -0.05) is 28.9 Å². The molecule has 1 aromatic carbocycles. The van der Waals surface area contributed by atoms with Gasteiger partial charge in [0.05, 0.1) is 5.02 Å². The Balaban J connectivity index is 2.32. The van der Waals surface area contributed by atoms with Gasteiger partial charge in [-0.3, -0.25) is 4.79 Å². The van der Waals surface area contributed by atoms with Gasteiger partial charge >= 0.3 is 0 Å². The second-order valence-electron chi connectivity index (χ2n) is 2.98. The van der Waals surface area contributed by atoms with E-state index in [0.29, 0.717) is 16.4 Å². The second kappa shape index (κ2) is 4.32. The van der Waals surface area contributed by atoms with E-state index in [-0.39, 0.29) is 5.89 Å². The summed E-state index contributed by atoms with van der Waals surface area (Å²) in [4.78, 5) is 14.6. The van der Waals surface area contributed by atoms with Crippen molar-refractivity contribution in [3.8, 4) is 11.4 Å². The number of benzene rings is 1. The van der Waals surface area contributed by atoms with E-state index in [1.807, 2.05) is 0 Å². The molecule has 2 rings (SSSR count). The fraction of sp³-hybridized carbons (Fsp3) is 0. The highest BCUT2D eigenvalue weighted by Gasteiger charge is 2.12. The molecule has 1 aromatic heterocycles. The summed E-state index contributed by atoms with van der Waals surface area (Å²) in [6, 6.07) is 7.06. The van der Waals surface area contributed by atoms with Crippen LogP contribution >= 0.6 is 11.6 Å². The van der Waals surface area contributed by atoms with Gasteiger partial charge in [0.25, 0.3) is 0 Å². The van der Waals surface area contributed by atoms with E-state index in [4.69, 9.17) is 21.9 Å². The summed E-state index contributed by atoms with van der Waals surface area (Å²) in [5.74, 6) is -0.269. The fourth-order valence-electron chi connectivity index (χ4n) is 1.17. The van der Waals surface area contributed by atoms with E-state index in [1.165, 1.54) is 0 Å². The molecule has 0 saturated heterocycles. The monoisotopic (exact) mass is 236 g/mol. The third kappa shape index (κ3) is 2.20. The first kappa shape index (κ1) is 10.6. The Labute approximate surface area is 96.2 Å². The average molecular weight is 237 g/mol. The molecule has 1 heterocycles. The lowest BCUT2D eigenvalue weighted by Crippen LogP contribution is -2.11. The van der Waals surface area contributed by atoms with Crippen molar-refractivity contribution in [3.05, 3.63) is 41.6 Å². The molecule has 0 bridgehead atoms. The lowest BCUT2D eigenvalue weighted by atomic mass is 10.2. The van der Waals surface area contributed by atoms with Crippen LogP contribution in [0.25, 0.3) is 11.4 Å². The summed E-state index contributed by atoms with van der Waals surface area (Å²) in [5.41, 5.74) is 5.59. The summed E-state index contributed by atoms with van der Waals surface area (Å²) in [6.45, 7) is 0. The summed E-state index contributed by atoms with van der Waals surface area (Å²) < 4.78 is 4.81. The molecule has 1 amide bonds. The Hall–Kier alpha value is -1.88. The van der Waals surface area contributed by atoms with Gasteiger partial charge in [0, 0.05) is 5.56 Å². The zero-order valence-electron chi connectivity index (χ0n) is 8.05. The molecule has 0 fully saturated rings. The lowest BCUT2D eigenvalue weighted by Gasteiger charge is -1.95. The number of carbonyl (C=O) groups is 1. The van der Waals surface area contributed by atoms with Crippen LogP contribution in [-0.4, -0.2) is 16.0 Å². The SMILES string of the molecule is NC(=O)[CH]c1nc(-c2ccccc2Cl)no1. The quantitative estimate of drug-likeness (QED) is 0.874. The molecule has 6 heteroatoms. The summed E-state index contributed by atoms with van der Waals surface area (Å²) in [5, 5.41) is 4.20. The van der Waals surface area contributed by atoms with Crippen LogP contribution in [0, 0.1) is 6.42 Å². The van der Waals surface area contributed by atoms with Gasteiger partial charge in [-0.05, 0) is 12.1 Å². The van der Waals surface area contributed by atoms with Crippen LogP contribution in [0.4, 0.5) is 0 Å². The normalized spacial score (nSPS) is 10.3. The van der Waals surface area contributed by atoms with Gasteiger partial charge in [0.15, 0.2) is 0 Å². The van der Waals surface area contributed by atoms with Crippen LogP contribution in [0.3, 0.4) is 0 Å². The van der Waals surface area contributed by atoms with Gasteiger partial charge in [-0.2, -0.15) is 4.98 Å². The zero-order chi connectivity index (χ0) is 11.5. The van der Waals surface area contributed by atoms with Crippen LogP contribution in [0.2, 0.25) is 5.02 Å². The van der Waals surface area contributed by atoms with Crippen LogP contribution in [-0.2, 0) is 4.79 Å². The predicted octanol–water partition coefficient (Wildman–Crippen LogP) is 1.43. The third-order valence-corrected chi connectivity index (χ3v) is 2.15. The molecule has 2 N–H and O–H groups in total. The minimum atomic E-state index is -0.644. The molecule has 16 heavy (non-hydrogen) atoms. The van der Waals surface area contributed by atoms with Crippen molar-refractivity contribution in [2.24, 2.45) is 5.73 Å². The lowest BCUT2D eigenvalue weighted by molar-refractivity contribution is -0.114. The third-order valence-electron chi connectivity index (χ3n) is 1.82. The topological polar surface area (TPSA) is 82.0 Å². The van der Waals surface area contributed by atoms with Crippen molar-refractivity contribution in [2.75, 3.05) is 0 Å². The number of rotatable bonds is 3. The minimum Gasteiger partial charge on any atom is -0.369 e. The van der Waals surface area contributed by atoms with Crippen molar-refractivity contribution in [1.82, 2.24) is 10.1 Å². The van der Waals surface area contributed by atoms with E-state index in [0.717, 1.165) is 6.42 Å². The van der Waals surface area contributed by atoms with Crippen molar-refractivity contribution >= 4 is 17.5 Å². The van der Waals surface area contributed by atoms with Gasteiger partial charge in [-0.25, -0.2) is 0 Å². The van der Waals surface area contributed by atoms with Crippen LogP contribution in [0.5, 0.6) is 0 Å². The number of carbonyl (C=O) groups excluding carboxylic acids is 1. The number of aromatic nitrogens is 2. The Morgan fingerprint density at radius 1 is 1.44 bits per heavy atom. The summed E-state index contributed by atoms with van der Waals surface area (Å²) in [7, 11) is 0. The molecule has 5 nitrogen and oxygen atoms in total. The second-order valence-corrected chi connectivity index (χ2v) is 3.39. The number of nitrogens with two attached hydrogens (primary N) is 1. The fourth-order valence-corrected chi connectivity index (χ4v) is 1.39. The molecule has 0 aliphatic rings. The summed E-state index contributed by atoms with van der Waals surface area (Å²) in [6.07, 6.45) is 1.05. The minimum absolute atomic E-state index is 0.0578. The molecule has 0 saturated carbocycles. The highest BCUT2D eigenvalue weighted by molar-refractivity contribution is 6.33. The zero-order valence-corrected chi connectivity index (χ0v) is 8.81. The maximum absolute atomic E-state index is 10.6. The standard InChI is InChI=1S/C10H7ClN3O2/c11-7-4-2-1-3-6(7)10-13-9(16-14-10)5-8(12)15/h1-5H,(H2,12,15). The van der Waals surface area contributed by atoms with Crippen molar-refractivity contribution < 1.29 is 9.32 Å². The molecule has 0 aliphatic heterocycles. The van der Waals surface area contributed by atoms with E-state index in [2.05, 4.69) is 10.1 Å². The molecule has 0 aliphatic carbocycles. The number of hydrogen-bond acceptors (Lipinski definition) is 4. The first-order valence-corrected chi connectivity index (χ1v) is 4.77. The molecular weight excluding hydrogens is 230 g/mol. The molecule has 1 radical (unpaired) electrons. The van der Waals surface area contributed by atoms with E-state index in [9.17, 15) is 4.79 Å². The van der Waals surface area contributed by atoms with Crippen LogP contribution in [0.15, 0.2) is 28.8 Å². The molecule has 0 unspecified atom stereocenters. The smallest absolute Gasteiger partial charge is 0.240 e. The molecule has 0 atom stereocenters. The van der Waals surface area contributed by atoms with Gasteiger partial charge in [0.1, 0.15) is 6.42 Å². The van der Waals surface area contributed by atoms with Crippen LogP contribution < -0.4 is 5.73 Å².